The minimum absolute atomic E-state index is 0.0288. The van der Waals surface area contributed by atoms with Crippen molar-refractivity contribution in [2.24, 2.45) is 0 Å². The van der Waals surface area contributed by atoms with E-state index in [0.717, 1.165) is 29.4 Å². The van der Waals surface area contributed by atoms with Crippen LogP contribution >= 0.6 is 11.8 Å². The lowest BCUT2D eigenvalue weighted by Gasteiger charge is -2.12. The molecule has 1 atom stereocenters. The highest BCUT2D eigenvalue weighted by Gasteiger charge is 2.31. The summed E-state index contributed by atoms with van der Waals surface area (Å²) in [5.74, 6) is -0.388. The molecule has 2 heterocycles. The molecule has 0 saturated carbocycles. The van der Waals surface area contributed by atoms with Gasteiger partial charge in [0, 0.05) is 0 Å². The first-order chi connectivity index (χ1) is 15.7. The molecule has 168 valence electrons. The molecule has 0 bridgehead atoms. The maximum atomic E-state index is 12.4. The van der Waals surface area contributed by atoms with Crippen LogP contribution in [0.2, 0.25) is 0 Å². The molecule has 9 nitrogen and oxygen atoms in total. The number of alkyl halides is 3. The molecule has 0 aliphatic carbocycles. The minimum atomic E-state index is -4.80. The number of thioether (sulfide) groups is 1. The Hall–Kier alpha value is -4.05. The zero-order valence-corrected chi connectivity index (χ0v) is 17.6. The van der Waals surface area contributed by atoms with Crippen molar-refractivity contribution in [3.8, 4) is 17.5 Å². The number of aromatic amines is 1. The number of aliphatic hydroxyl groups is 1. The monoisotopic (exact) mass is 473 g/mol. The molecule has 2 aromatic heterocycles. The third kappa shape index (κ3) is 4.90. The number of nitrogens with one attached hydrogen (secondary N) is 1. The fourth-order valence-corrected chi connectivity index (χ4v) is 3.79. The quantitative estimate of drug-likeness (QED) is 0.240. The standard InChI is InChI=1S/C20H14F3N7O2S/c1-11(17(31)14(10-24)18-25-15-4-2-3-5-16(15)26-18)33-19-27-28-29-30(19)12-6-8-13(9-7-12)32-20(21,22)23/h2-9,11,31H,1H3,(H,25,26)/b17-14-. The molecular formula is C20H14F3N7O2S. The number of hydrogen-bond acceptors (Lipinski definition) is 8. The number of rotatable bonds is 6. The summed E-state index contributed by atoms with van der Waals surface area (Å²) in [6.45, 7) is 1.65. The number of para-hydroxylation sites is 2. The van der Waals surface area contributed by atoms with E-state index < -0.39 is 11.6 Å². The Labute approximate surface area is 188 Å². The molecule has 4 rings (SSSR count). The molecule has 2 aromatic carbocycles. The van der Waals surface area contributed by atoms with Gasteiger partial charge >= 0.3 is 6.36 Å². The summed E-state index contributed by atoms with van der Waals surface area (Å²) < 4.78 is 42.2. The lowest BCUT2D eigenvalue weighted by molar-refractivity contribution is -0.274. The second-order valence-corrected chi connectivity index (χ2v) is 7.96. The predicted molar refractivity (Wildman–Crippen MR) is 112 cm³/mol. The van der Waals surface area contributed by atoms with Crippen LogP contribution in [0, 0.1) is 11.3 Å². The Morgan fingerprint density at radius 3 is 2.61 bits per heavy atom. The number of halogens is 3. The summed E-state index contributed by atoms with van der Waals surface area (Å²) in [7, 11) is 0. The number of ether oxygens (including phenoxy) is 1. The number of benzene rings is 2. The van der Waals surface area contributed by atoms with E-state index in [0.29, 0.717) is 11.2 Å². The van der Waals surface area contributed by atoms with Gasteiger partial charge in [0.05, 0.1) is 22.0 Å². The van der Waals surface area contributed by atoms with Crippen LogP contribution in [-0.4, -0.2) is 46.9 Å². The van der Waals surface area contributed by atoms with Crippen molar-refractivity contribution in [3.05, 3.63) is 60.1 Å². The fraction of sp³-hybridized carbons (Fsp3) is 0.150. The summed E-state index contributed by atoms with van der Waals surface area (Å²) in [6, 6.07) is 14.2. The second kappa shape index (κ2) is 8.83. The van der Waals surface area contributed by atoms with Gasteiger partial charge < -0.3 is 14.8 Å². The maximum absolute atomic E-state index is 12.4. The van der Waals surface area contributed by atoms with E-state index in [-0.39, 0.29) is 28.1 Å². The van der Waals surface area contributed by atoms with Gasteiger partial charge in [-0.15, -0.1) is 18.3 Å². The SMILES string of the molecule is CC(Sc1nnnn1-c1ccc(OC(F)(F)F)cc1)/C(O)=C(\C#N)c1nc2ccccc2[nH]1. The highest BCUT2D eigenvalue weighted by Crippen LogP contribution is 2.31. The average Bonchev–Trinajstić information content (AvgIpc) is 3.40. The summed E-state index contributed by atoms with van der Waals surface area (Å²) in [4.78, 5) is 7.34. The Morgan fingerprint density at radius 2 is 1.94 bits per heavy atom. The molecule has 0 aliphatic rings. The molecule has 0 radical (unpaired) electrons. The first-order valence-corrected chi connectivity index (χ1v) is 10.2. The third-order valence-corrected chi connectivity index (χ3v) is 5.46. The number of fused-ring (bicyclic) bond motifs is 1. The first-order valence-electron chi connectivity index (χ1n) is 9.35. The molecule has 2 N–H and O–H groups in total. The van der Waals surface area contributed by atoms with Crippen LogP contribution in [0.25, 0.3) is 22.3 Å². The molecule has 13 heteroatoms. The molecule has 0 amide bonds. The zero-order chi connectivity index (χ0) is 23.6. The van der Waals surface area contributed by atoms with Crippen molar-refractivity contribution in [1.82, 2.24) is 30.2 Å². The number of nitriles is 1. The number of aromatic nitrogens is 6. The second-order valence-electron chi connectivity index (χ2n) is 6.65. The lowest BCUT2D eigenvalue weighted by Crippen LogP contribution is -2.17. The van der Waals surface area contributed by atoms with Crippen molar-refractivity contribution in [1.29, 1.82) is 5.26 Å². The topological polar surface area (TPSA) is 126 Å². The smallest absolute Gasteiger partial charge is 0.510 e. The molecule has 1 unspecified atom stereocenters. The fourth-order valence-electron chi connectivity index (χ4n) is 2.92. The van der Waals surface area contributed by atoms with Crippen molar-refractivity contribution < 1.29 is 23.0 Å². The Balaban J connectivity index is 1.57. The molecule has 0 fully saturated rings. The van der Waals surface area contributed by atoms with Gasteiger partial charge in [-0.05, 0) is 53.7 Å². The van der Waals surface area contributed by atoms with E-state index >= 15 is 0 Å². The lowest BCUT2D eigenvalue weighted by atomic mass is 10.2. The largest absolute Gasteiger partial charge is 0.573 e. The van der Waals surface area contributed by atoms with E-state index in [2.05, 4.69) is 30.2 Å². The Morgan fingerprint density at radius 1 is 1.21 bits per heavy atom. The summed E-state index contributed by atoms with van der Waals surface area (Å²) in [6.07, 6.45) is -4.80. The molecular weight excluding hydrogens is 459 g/mol. The number of H-pyrrole nitrogens is 1. The van der Waals surface area contributed by atoms with Crippen LogP contribution in [0.1, 0.15) is 12.7 Å². The van der Waals surface area contributed by atoms with Crippen molar-refractivity contribution >= 4 is 28.4 Å². The summed E-state index contributed by atoms with van der Waals surface area (Å²) >= 11 is 1.05. The number of imidazole rings is 1. The molecule has 0 saturated heterocycles. The van der Waals surface area contributed by atoms with E-state index in [1.54, 1.807) is 19.1 Å². The van der Waals surface area contributed by atoms with Crippen LogP contribution < -0.4 is 4.74 Å². The number of tetrazole rings is 1. The highest BCUT2D eigenvalue weighted by atomic mass is 32.2. The van der Waals surface area contributed by atoms with Gasteiger partial charge in [0.1, 0.15) is 23.2 Å². The van der Waals surface area contributed by atoms with Gasteiger partial charge in [0.15, 0.2) is 5.82 Å². The van der Waals surface area contributed by atoms with E-state index in [1.165, 1.54) is 16.8 Å². The number of aliphatic hydroxyl groups excluding tert-OH is 1. The number of nitrogens with zero attached hydrogens (tertiary/aromatic N) is 6. The van der Waals surface area contributed by atoms with Crippen LogP contribution in [0.3, 0.4) is 0 Å². The minimum Gasteiger partial charge on any atom is -0.510 e. The van der Waals surface area contributed by atoms with Gasteiger partial charge in [-0.3, -0.25) is 0 Å². The summed E-state index contributed by atoms with van der Waals surface area (Å²) in [5, 5.41) is 31.3. The van der Waals surface area contributed by atoms with Crippen molar-refractivity contribution in [2.75, 3.05) is 0 Å². The normalized spacial score (nSPS) is 13.4. The molecule has 0 aliphatic heterocycles. The molecule has 0 spiro atoms. The zero-order valence-electron chi connectivity index (χ0n) is 16.8. The molecule has 4 aromatic rings. The van der Waals surface area contributed by atoms with Gasteiger partial charge in [-0.1, -0.05) is 23.9 Å². The Bertz CT molecular complexity index is 1320. The highest BCUT2D eigenvalue weighted by molar-refractivity contribution is 7.99. The number of hydrogen-bond donors (Lipinski definition) is 2. The van der Waals surface area contributed by atoms with Crippen LogP contribution in [0.15, 0.2) is 59.4 Å². The molecule has 33 heavy (non-hydrogen) atoms. The van der Waals surface area contributed by atoms with E-state index in [1.807, 2.05) is 18.2 Å². The Kier molecular flexibility index (Phi) is 5.93. The third-order valence-electron chi connectivity index (χ3n) is 4.42. The van der Waals surface area contributed by atoms with Crippen LogP contribution in [0.4, 0.5) is 13.2 Å². The maximum Gasteiger partial charge on any atom is 0.573 e. The van der Waals surface area contributed by atoms with Crippen LogP contribution in [-0.2, 0) is 0 Å². The average molecular weight is 473 g/mol. The van der Waals surface area contributed by atoms with Gasteiger partial charge in [-0.25, -0.2) is 4.98 Å². The van der Waals surface area contributed by atoms with E-state index in [4.69, 9.17) is 0 Å². The number of allylic oxidation sites excluding steroid dienone is 1. The van der Waals surface area contributed by atoms with Crippen molar-refractivity contribution in [2.45, 2.75) is 23.7 Å². The van der Waals surface area contributed by atoms with E-state index in [9.17, 15) is 23.5 Å². The van der Waals surface area contributed by atoms with Crippen molar-refractivity contribution in [3.63, 3.8) is 0 Å². The summed E-state index contributed by atoms with van der Waals surface area (Å²) in [5.41, 5.74) is 1.72. The van der Waals surface area contributed by atoms with Gasteiger partial charge in [-0.2, -0.15) is 9.94 Å². The van der Waals surface area contributed by atoms with Gasteiger partial charge in [0.25, 0.3) is 0 Å². The predicted octanol–water partition coefficient (Wildman–Crippen LogP) is 4.41. The first kappa shape index (κ1) is 22.2. The van der Waals surface area contributed by atoms with Gasteiger partial charge in [0.2, 0.25) is 5.16 Å². The van der Waals surface area contributed by atoms with Crippen LogP contribution in [0.5, 0.6) is 5.75 Å².